The summed E-state index contributed by atoms with van der Waals surface area (Å²) in [6.45, 7) is 2.80. The molecule has 0 radical (unpaired) electrons. The van der Waals surface area contributed by atoms with Crippen molar-refractivity contribution in [3.05, 3.63) is 59.4 Å². The number of nitrogens with zero attached hydrogens (tertiary/aromatic N) is 1. The maximum absolute atomic E-state index is 13.0. The third-order valence-electron chi connectivity index (χ3n) is 4.08. The van der Waals surface area contributed by atoms with Crippen LogP contribution in [0.5, 0.6) is 0 Å². The van der Waals surface area contributed by atoms with Crippen LogP contribution in [0.15, 0.2) is 47.4 Å². The Labute approximate surface area is 163 Å². The fourth-order valence-electron chi connectivity index (χ4n) is 2.23. The lowest BCUT2D eigenvalue weighted by Crippen LogP contribution is -2.47. The Morgan fingerprint density at radius 2 is 1.82 bits per heavy atom. The summed E-state index contributed by atoms with van der Waals surface area (Å²) in [7, 11) is 0. The third kappa shape index (κ3) is 5.03. The monoisotopic (exact) mass is 412 g/mol. The van der Waals surface area contributed by atoms with E-state index in [1.54, 1.807) is 6.92 Å². The Kier molecular flexibility index (Phi) is 6.37. The highest BCUT2D eigenvalue weighted by atomic mass is 32.2. The van der Waals surface area contributed by atoms with Gasteiger partial charge in [0, 0.05) is 15.8 Å². The number of halogens is 4. The van der Waals surface area contributed by atoms with Crippen LogP contribution in [-0.2, 0) is 11.0 Å². The molecule has 2 atom stereocenters. The van der Waals surface area contributed by atoms with Gasteiger partial charge >= 0.3 is 6.18 Å². The van der Waals surface area contributed by atoms with E-state index in [-0.39, 0.29) is 5.69 Å². The SMILES string of the molecule is CC(Sc1ccc(F)cc1)C(C)(O)C(=O)Nc1ccc(C#N)c(C(F)(F)F)c1. The quantitative estimate of drug-likeness (QED) is 0.557. The summed E-state index contributed by atoms with van der Waals surface area (Å²) in [5.41, 5.74) is -3.89. The molecule has 1 amide bonds. The maximum Gasteiger partial charge on any atom is 0.417 e. The van der Waals surface area contributed by atoms with Gasteiger partial charge in [-0.25, -0.2) is 4.39 Å². The van der Waals surface area contributed by atoms with Crippen LogP contribution in [0.4, 0.5) is 23.2 Å². The van der Waals surface area contributed by atoms with Crippen molar-refractivity contribution in [2.45, 2.75) is 35.8 Å². The Bertz CT molecular complexity index is 906. The zero-order valence-corrected chi connectivity index (χ0v) is 15.7. The van der Waals surface area contributed by atoms with Gasteiger partial charge in [-0.05, 0) is 56.3 Å². The molecule has 0 saturated heterocycles. The Morgan fingerprint density at radius 3 is 2.36 bits per heavy atom. The molecule has 28 heavy (non-hydrogen) atoms. The van der Waals surface area contributed by atoms with Gasteiger partial charge < -0.3 is 10.4 Å². The number of aliphatic hydroxyl groups is 1. The topological polar surface area (TPSA) is 73.1 Å². The molecular weight excluding hydrogens is 396 g/mol. The smallest absolute Gasteiger partial charge is 0.379 e. The molecule has 148 valence electrons. The highest BCUT2D eigenvalue weighted by molar-refractivity contribution is 8.00. The number of amides is 1. The van der Waals surface area contributed by atoms with Crippen molar-refractivity contribution >= 4 is 23.4 Å². The van der Waals surface area contributed by atoms with E-state index in [1.807, 2.05) is 0 Å². The molecule has 2 aromatic carbocycles. The van der Waals surface area contributed by atoms with Crippen LogP contribution < -0.4 is 5.32 Å². The van der Waals surface area contributed by atoms with Crippen LogP contribution in [0.25, 0.3) is 0 Å². The summed E-state index contributed by atoms with van der Waals surface area (Å²) in [6.07, 6.45) is -4.76. The van der Waals surface area contributed by atoms with Crippen LogP contribution in [0.3, 0.4) is 0 Å². The first-order valence-corrected chi connectivity index (χ1v) is 8.90. The summed E-state index contributed by atoms with van der Waals surface area (Å²) in [6, 6.07) is 9.64. The van der Waals surface area contributed by atoms with Gasteiger partial charge in [-0.2, -0.15) is 18.4 Å². The summed E-state index contributed by atoms with van der Waals surface area (Å²) in [5.74, 6) is -1.34. The zero-order valence-electron chi connectivity index (χ0n) is 14.8. The van der Waals surface area contributed by atoms with Gasteiger partial charge in [-0.1, -0.05) is 0 Å². The fraction of sp³-hybridized carbons (Fsp3) is 0.263. The molecule has 0 aliphatic heterocycles. The molecule has 0 fully saturated rings. The van der Waals surface area contributed by atoms with Gasteiger partial charge in [0.25, 0.3) is 5.91 Å². The second kappa shape index (κ2) is 8.20. The minimum atomic E-state index is -4.76. The molecule has 0 aliphatic rings. The lowest BCUT2D eigenvalue weighted by molar-refractivity contribution is -0.138. The fourth-order valence-corrected chi connectivity index (χ4v) is 3.27. The molecule has 0 saturated carbocycles. The summed E-state index contributed by atoms with van der Waals surface area (Å²) in [4.78, 5) is 13.1. The second-order valence-corrected chi connectivity index (χ2v) is 7.60. The summed E-state index contributed by atoms with van der Waals surface area (Å²) < 4.78 is 52.1. The average molecular weight is 412 g/mol. The first-order valence-electron chi connectivity index (χ1n) is 8.02. The Morgan fingerprint density at radius 1 is 1.21 bits per heavy atom. The number of carbonyl (C=O) groups excluding carboxylic acids is 1. The van der Waals surface area contributed by atoms with E-state index in [2.05, 4.69) is 5.32 Å². The predicted molar refractivity (Wildman–Crippen MR) is 97.1 cm³/mol. The molecule has 4 nitrogen and oxygen atoms in total. The zero-order chi connectivity index (χ0) is 21.1. The average Bonchev–Trinajstić information content (AvgIpc) is 2.62. The van der Waals surface area contributed by atoms with Gasteiger partial charge in [-0.15, -0.1) is 11.8 Å². The molecule has 2 unspecified atom stereocenters. The van der Waals surface area contributed by atoms with Crippen molar-refractivity contribution in [1.82, 2.24) is 0 Å². The first-order chi connectivity index (χ1) is 12.9. The van der Waals surface area contributed by atoms with Crippen LogP contribution in [0, 0.1) is 17.1 Å². The highest BCUT2D eigenvalue weighted by Crippen LogP contribution is 2.35. The van der Waals surface area contributed by atoms with E-state index in [9.17, 15) is 27.5 Å². The molecule has 0 bridgehead atoms. The number of benzene rings is 2. The third-order valence-corrected chi connectivity index (χ3v) is 5.44. The van der Waals surface area contributed by atoms with Crippen LogP contribution in [-0.4, -0.2) is 21.9 Å². The summed E-state index contributed by atoms with van der Waals surface area (Å²) in [5, 5.41) is 20.9. The number of thioether (sulfide) groups is 1. The molecule has 2 aromatic rings. The molecule has 2 rings (SSSR count). The second-order valence-electron chi connectivity index (χ2n) is 6.19. The molecule has 0 spiro atoms. The van der Waals surface area contributed by atoms with Gasteiger partial charge in [0.1, 0.15) is 5.82 Å². The normalized spacial score (nSPS) is 14.6. The standard InChI is InChI=1S/C19H16F4N2O2S/c1-11(28-15-7-4-13(20)5-8-15)18(2,27)17(26)25-14-6-3-12(10-24)16(9-14)19(21,22)23/h3-9,11,27H,1-2H3,(H,25,26). The van der Waals surface area contributed by atoms with Crippen LogP contribution in [0.1, 0.15) is 25.0 Å². The van der Waals surface area contributed by atoms with Gasteiger partial charge in [0.15, 0.2) is 5.60 Å². The van der Waals surface area contributed by atoms with E-state index in [4.69, 9.17) is 5.26 Å². The van der Waals surface area contributed by atoms with Crippen molar-refractivity contribution in [1.29, 1.82) is 5.26 Å². The van der Waals surface area contributed by atoms with Crippen LogP contribution in [0.2, 0.25) is 0 Å². The number of carbonyl (C=O) groups is 1. The number of nitrogens with one attached hydrogen (secondary N) is 1. The predicted octanol–water partition coefficient (Wildman–Crippen LogP) is 4.59. The van der Waals surface area contributed by atoms with Gasteiger partial charge in [-0.3, -0.25) is 4.79 Å². The highest BCUT2D eigenvalue weighted by Gasteiger charge is 2.38. The van der Waals surface area contributed by atoms with Crippen molar-refractivity contribution in [2.75, 3.05) is 5.32 Å². The lowest BCUT2D eigenvalue weighted by atomic mass is 10.0. The first kappa shape index (κ1) is 21.7. The number of hydrogen-bond donors (Lipinski definition) is 2. The van der Waals surface area contributed by atoms with Crippen LogP contribution >= 0.6 is 11.8 Å². The van der Waals surface area contributed by atoms with E-state index in [0.717, 1.165) is 23.9 Å². The molecule has 0 aromatic heterocycles. The summed E-state index contributed by atoms with van der Waals surface area (Å²) >= 11 is 1.11. The van der Waals surface area contributed by atoms with E-state index in [0.29, 0.717) is 11.0 Å². The van der Waals surface area contributed by atoms with E-state index < -0.39 is 39.9 Å². The maximum atomic E-state index is 13.0. The molecule has 2 N–H and O–H groups in total. The minimum Gasteiger partial charge on any atom is -0.379 e. The Hall–Kier alpha value is -2.57. The molecule has 0 heterocycles. The van der Waals surface area contributed by atoms with Crippen molar-refractivity contribution in [3.63, 3.8) is 0 Å². The van der Waals surface area contributed by atoms with E-state index in [1.165, 1.54) is 37.3 Å². The lowest BCUT2D eigenvalue weighted by Gasteiger charge is -2.28. The molecule has 0 aliphatic carbocycles. The number of hydrogen-bond acceptors (Lipinski definition) is 4. The number of nitriles is 1. The largest absolute Gasteiger partial charge is 0.417 e. The van der Waals surface area contributed by atoms with Crippen molar-refractivity contribution < 1.29 is 27.5 Å². The van der Waals surface area contributed by atoms with Crippen molar-refractivity contribution in [3.8, 4) is 6.07 Å². The van der Waals surface area contributed by atoms with Crippen molar-refractivity contribution in [2.24, 2.45) is 0 Å². The van der Waals surface area contributed by atoms with E-state index >= 15 is 0 Å². The Balaban J connectivity index is 2.18. The van der Waals surface area contributed by atoms with Gasteiger partial charge in [0.2, 0.25) is 0 Å². The molecule has 9 heteroatoms. The number of alkyl halides is 3. The minimum absolute atomic E-state index is 0.199. The molecular formula is C19H16F4N2O2S. The number of rotatable bonds is 5. The van der Waals surface area contributed by atoms with Gasteiger partial charge in [0.05, 0.1) is 17.2 Å². The number of anilines is 1.